The second-order valence-electron chi connectivity index (χ2n) is 7.40. The molecule has 0 saturated heterocycles. The molecule has 2 N–H and O–H groups in total. The molecule has 0 unspecified atom stereocenters. The lowest BCUT2D eigenvalue weighted by atomic mass is 10.2. The zero-order chi connectivity index (χ0) is 25.3. The molecule has 3 aromatic carbocycles. The third-order valence-electron chi connectivity index (χ3n) is 4.65. The predicted molar refractivity (Wildman–Crippen MR) is 122 cm³/mol. The van der Waals surface area contributed by atoms with E-state index in [0.717, 1.165) is 17.7 Å². The lowest BCUT2D eigenvalue weighted by Gasteiger charge is -2.09. The molecule has 3 aromatic rings. The van der Waals surface area contributed by atoms with Gasteiger partial charge >= 0.3 is 6.18 Å². The Hall–Kier alpha value is -4.21. The molecule has 10 heteroatoms. The number of carbonyl (C=O) groups excluding carboxylic acids is 2. The number of ether oxygens (including phenoxy) is 1. The van der Waals surface area contributed by atoms with Gasteiger partial charge in [-0.15, -0.1) is 0 Å². The molecule has 0 aliphatic carbocycles. The number of carbonyl (C=O) groups is 2. The summed E-state index contributed by atoms with van der Waals surface area (Å²) in [6, 6.07) is 17.1. The van der Waals surface area contributed by atoms with E-state index in [2.05, 4.69) is 15.8 Å². The molecule has 0 radical (unpaired) electrons. The predicted octanol–water partition coefficient (Wildman–Crippen LogP) is 5.29. The summed E-state index contributed by atoms with van der Waals surface area (Å²) in [5.41, 5.74) is 2.90. The molecule has 0 spiro atoms. The second-order valence-corrected chi connectivity index (χ2v) is 7.40. The van der Waals surface area contributed by atoms with Gasteiger partial charge in [0.05, 0.1) is 11.8 Å². The van der Waals surface area contributed by atoms with E-state index < -0.39 is 23.6 Å². The van der Waals surface area contributed by atoms with E-state index in [9.17, 15) is 27.2 Å². The van der Waals surface area contributed by atoms with Gasteiger partial charge in [-0.05, 0) is 65.7 Å². The van der Waals surface area contributed by atoms with Crippen LogP contribution in [0.1, 0.15) is 29.5 Å². The SMILES string of the molecule is O=C(CCC(=O)Nc1cccc(C(F)(F)F)c1)NN=Cc1ccc(OCc2ccc(F)cc2)cc1. The molecule has 2 amide bonds. The topological polar surface area (TPSA) is 79.8 Å². The summed E-state index contributed by atoms with van der Waals surface area (Å²) in [6.07, 6.45) is -3.53. The van der Waals surface area contributed by atoms with Crippen molar-refractivity contribution in [1.29, 1.82) is 0 Å². The molecule has 0 atom stereocenters. The van der Waals surface area contributed by atoms with E-state index in [-0.39, 0.29) is 31.0 Å². The highest BCUT2D eigenvalue weighted by atomic mass is 19.4. The van der Waals surface area contributed by atoms with Crippen LogP contribution in [-0.2, 0) is 22.4 Å². The smallest absolute Gasteiger partial charge is 0.416 e. The number of rotatable bonds is 9. The summed E-state index contributed by atoms with van der Waals surface area (Å²) < 4.78 is 56.7. The fourth-order valence-corrected chi connectivity index (χ4v) is 2.86. The quantitative estimate of drug-likeness (QED) is 0.245. The Bertz CT molecular complexity index is 1180. The van der Waals surface area contributed by atoms with Gasteiger partial charge in [0.1, 0.15) is 18.2 Å². The van der Waals surface area contributed by atoms with Gasteiger partial charge in [-0.2, -0.15) is 18.3 Å². The maximum Gasteiger partial charge on any atom is 0.416 e. The van der Waals surface area contributed by atoms with Crippen LogP contribution in [0.5, 0.6) is 5.75 Å². The summed E-state index contributed by atoms with van der Waals surface area (Å²) in [7, 11) is 0. The van der Waals surface area contributed by atoms with Gasteiger partial charge < -0.3 is 10.1 Å². The van der Waals surface area contributed by atoms with Crippen molar-refractivity contribution < 1.29 is 31.9 Å². The van der Waals surface area contributed by atoms with Gasteiger partial charge in [0, 0.05) is 18.5 Å². The molecule has 6 nitrogen and oxygen atoms in total. The molecule has 0 aromatic heterocycles. The third-order valence-corrected chi connectivity index (χ3v) is 4.65. The second kappa shape index (κ2) is 11.8. The molecule has 0 aliphatic rings. The van der Waals surface area contributed by atoms with E-state index >= 15 is 0 Å². The number of amides is 2. The Morgan fingerprint density at radius 2 is 1.60 bits per heavy atom. The average molecular weight is 487 g/mol. The normalized spacial score (nSPS) is 11.3. The highest BCUT2D eigenvalue weighted by molar-refractivity contribution is 5.93. The first-order valence-corrected chi connectivity index (χ1v) is 10.5. The van der Waals surface area contributed by atoms with E-state index in [1.54, 1.807) is 36.4 Å². The van der Waals surface area contributed by atoms with Crippen LogP contribution < -0.4 is 15.5 Å². The van der Waals surface area contributed by atoms with Crippen LogP contribution in [0, 0.1) is 5.82 Å². The van der Waals surface area contributed by atoms with E-state index in [0.29, 0.717) is 11.3 Å². The summed E-state index contributed by atoms with van der Waals surface area (Å²) in [4.78, 5) is 23.8. The summed E-state index contributed by atoms with van der Waals surface area (Å²) in [5.74, 6) is -0.843. The molecule has 0 fully saturated rings. The Balaban J connectivity index is 1.39. The Kier molecular flexibility index (Phi) is 8.55. The molecule has 182 valence electrons. The maximum atomic E-state index is 12.9. The maximum absolute atomic E-state index is 12.9. The number of hydrazone groups is 1. The first kappa shape index (κ1) is 25.4. The van der Waals surface area contributed by atoms with Crippen LogP contribution in [0.15, 0.2) is 77.9 Å². The van der Waals surface area contributed by atoms with Crippen molar-refractivity contribution in [2.45, 2.75) is 25.6 Å². The van der Waals surface area contributed by atoms with Crippen LogP contribution in [0.3, 0.4) is 0 Å². The Morgan fingerprint density at radius 1 is 0.914 bits per heavy atom. The lowest BCUT2D eigenvalue weighted by molar-refractivity contribution is -0.137. The molecule has 0 bridgehead atoms. The molecular weight excluding hydrogens is 466 g/mol. The minimum atomic E-state index is -4.52. The summed E-state index contributed by atoms with van der Waals surface area (Å²) in [5, 5.41) is 6.15. The number of anilines is 1. The first-order chi connectivity index (χ1) is 16.7. The summed E-state index contributed by atoms with van der Waals surface area (Å²) in [6.45, 7) is 0.283. The van der Waals surface area contributed by atoms with Crippen LogP contribution in [-0.4, -0.2) is 18.0 Å². The molecule has 35 heavy (non-hydrogen) atoms. The van der Waals surface area contributed by atoms with Crippen molar-refractivity contribution in [3.63, 3.8) is 0 Å². The lowest BCUT2D eigenvalue weighted by Crippen LogP contribution is -2.20. The largest absolute Gasteiger partial charge is 0.489 e. The van der Waals surface area contributed by atoms with Gasteiger partial charge in [0.2, 0.25) is 11.8 Å². The van der Waals surface area contributed by atoms with Crippen molar-refractivity contribution in [3.8, 4) is 5.75 Å². The highest BCUT2D eigenvalue weighted by Gasteiger charge is 2.30. The number of benzene rings is 3. The van der Waals surface area contributed by atoms with Crippen LogP contribution >= 0.6 is 0 Å². The molecule has 3 rings (SSSR count). The fourth-order valence-electron chi connectivity index (χ4n) is 2.86. The Morgan fingerprint density at radius 3 is 2.29 bits per heavy atom. The van der Waals surface area contributed by atoms with Crippen LogP contribution in [0.25, 0.3) is 0 Å². The standard InChI is InChI=1S/C25H21F4N3O3/c26-20-8-4-18(5-9-20)16-35-22-10-6-17(7-11-22)15-30-32-24(34)13-12-23(33)31-21-3-1-2-19(14-21)25(27,28)29/h1-11,14-15H,12-13,16H2,(H,31,33)(H,32,34). The molecule has 0 aliphatic heterocycles. The van der Waals surface area contributed by atoms with Crippen LogP contribution in [0.2, 0.25) is 0 Å². The zero-order valence-corrected chi connectivity index (χ0v) is 18.3. The molecule has 0 saturated carbocycles. The number of hydrogen-bond donors (Lipinski definition) is 2. The minimum absolute atomic E-state index is 0.00616. The summed E-state index contributed by atoms with van der Waals surface area (Å²) >= 11 is 0. The van der Waals surface area contributed by atoms with Crippen molar-refractivity contribution in [2.24, 2.45) is 5.10 Å². The number of nitrogens with zero attached hydrogens (tertiary/aromatic N) is 1. The van der Waals surface area contributed by atoms with E-state index in [4.69, 9.17) is 4.74 Å². The highest BCUT2D eigenvalue weighted by Crippen LogP contribution is 2.30. The number of alkyl halides is 3. The Labute approximate surface area is 198 Å². The van der Waals surface area contributed by atoms with Gasteiger partial charge in [-0.25, -0.2) is 9.82 Å². The number of nitrogens with one attached hydrogen (secondary N) is 2. The molecular formula is C25H21F4N3O3. The van der Waals surface area contributed by atoms with Gasteiger partial charge in [-0.3, -0.25) is 9.59 Å². The van der Waals surface area contributed by atoms with Crippen LogP contribution in [0.4, 0.5) is 23.2 Å². The first-order valence-electron chi connectivity index (χ1n) is 10.5. The van der Waals surface area contributed by atoms with Gasteiger partial charge in [-0.1, -0.05) is 18.2 Å². The average Bonchev–Trinajstić information content (AvgIpc) is 2.83. The van der Waals surface area contributed by atoms with Crippen molar-refractivity contribution in [2.75, 3.05) is 5.32 Å². The van der Waals surface area contributed by atoms with Gasteiger partial charge in [0.15, 0.2) is 0 Å². The third kappa shape index (κ3) is 8.58. The van der Waals surface area contributed by atoms with Crippen molar-refractivity contribution in [1.82, 2.24) is 5.43 Å². The minimum Gasteiger partial charge on any atom is -0.489 e. The fraction of sp³-hybridized carbons (Fsp3) is 0.160. The number of hydrogen-bond acceptors (Lipinski definition) is 4. The van der Waals surface area contributed by atoms with E-state index in [1.807, 2.05) is 0 Å². The van der Waals surface area contributed by atoms with E-state index in [1.165, 1.54) is 30.5 Å². The van der Waals surface area contributed by atoms with Gasteiger partial charge in [0.25, 0.3) is 0 Å². The molecule has 0 heterocycles. The van der Waals surface area contributed by atoms with Crippen molar-refractivity contribution in [3.05, 3.63) is 95.3 Å². The number of halogens is 4. The monoisotopic (exact) mass is 487 g/mol. The zero-order valence-electron chi connectivity index (χ0n) is 18.3. The van der Waals surface area contributed by atoms with Crippen molar-refractivity contribution >= 4 is 23.7 Å².